The first kappa shape index (κ1) is 16.3. The number of nitrogens with one attached hydrogen (secondary N) is 1. The Morgan fingerprint density at radius 2 is 1.95 bits per heavy atom. The van der Waals surface area contributed by atoms with E-state index in [4.69, 9.17) is 5.11 Å². The number of carboxylic acid groups (broad SMARTS) is 1. The highest BCUT2D eigenvalue weighted by molar-refractivity contribution is 5.81. The molecule has 1 aromatic carbocycles. The molecule has 2 N–H and O–H groups in total. The van der Waals surface area contributed by atoms with E-state index in [1.807, 2.05) is 0 Å². The number of alkyl halides is 3. The second-order valence-electron chi connectivity index (χ2n) is 5.40. The van der Waals surface area contributed by atoms with Crippen LogP contribution in [-0.4, -0.2) is 17.0 Å². The molecule has 22 heavy (non-hydrogen) atoms. The van der Waals surface area contributed by atoms with Gasteiger partial charge < -0.3 is 10.4 Å². The SMILES string of the molecule is O=C(O)CCC(=O)NC(c1cccc(C(F)(F)F)c1)C1CC1. The molecule has 0 heterocycles. The van der Waals surface area contributed by atoms with Crippen molar-refractivity contribution in [3.8, 4) is 0 Å². The van der Waals surface area contributed by atoms with Gasteiger partial charge in [0.05, 0.1) is 18.0 Å². The molecular formula is C15H16F3NO3. The van der Waals surface area contributed by atoms with Gasteiger partial charge in [-0.1, -0.05) is 12.1 Å². The summed E-state index contributed by atoms with van der Waals surface area (Å²) in [4.78, 5) is 22.2. The van der Waals surface area contributed by atoms with E-state index in [1.54, 1.807) is 6.07 Å². The molecule has 0 saturated heterocycles. The summed E-state index contributed by atoms with van der Waals surface area (Å²) < 4.78 is 38.3. The normalized spacial score (nSPS) is 16.1. The van der Waals surface area contributed by atoms with Crippen molar-refractivity contribution < 1.29 is 27.9 Å². The van der Waals surface area contributed by atoms with Crippen LogP contribution in [0.3, 0.4) is 0 Å². The second-order valence-corrected chi connectivity index (χ2v) is 5.40. The molecule has 7 heteroatoms. The lowest BCUT2D eigenvalue weighted by atomic mass is 9.99. The number of hydrogen-bond acceptors (Lipinski definition) is 2. The molecule has 4 nitrogen and oxygen atoms in total. The third kappa shape index (κ3) is 4.47. The van der Waals surface area contributed by atoms with Crippen LogP contribution in [0.1, 0.15) is 42.9 Å². The van der Waals surface area contributed by atoms with Crippen LogP contribution in [-0.2, 0) is 15.8 Å². The summed E-state index contributed by atoms with van der Waals surface area (Å²) in [5.74, 6) is -1.44. The minimum absolute atomic E-state index is 0.109. The third-order valence-corrected chi connectivity index (χ3v) is 3.55. The summed E-state index contributed by atoms with van der Waals surface area (Å²) in [5.41, 5.74) is -0.351. The lowest BCUT2D eigenvalue weighted by molar-refractivity contribution is -0.139. The number of benzene rings is 1. The molecule has 0 radical (unpaired) electrons. The zero-order valence-electron chi connectivity index (χ0n) is 11.7. The molecule has 1 saturated carbocycles. The van der Waals surface area contributed by atoms with Crippen molar-refractivity contribution in [2.45, 2.75) is 37.9 Å². The fourth-order valence-corrected chi connectivity index (χ4v) is 2.28. The Kier molecular flexibility index (Phi) is 4.73. The molecule has 0 aliphatic heterocycles. The number of carbonyl (C=O) groups is 2. The lowest BCUT2D eigenvalue weighted by Gasteiger charge is -2.20. The van der Waals surface area contributed by atoms with Crippen LogP contribution in [0, 0.1) is 5.92 Å². The molecule has 1 unspecified atom stereocenters. The Balaban J connectivity index is 2.11. The number of hydrogen-bond donors (Lipinski definition) is 2. The monoisotopic (exact) mass is 315 g/mol. The molecule has 1 aliphatic rings. The highest BCUT2D eigenvalue weighted by atomic mass is 19.4. The van der Waals surface area contributed by atoms with E-state index in [0.717, 1.165) is 25.0 Å². The maximum atomic E-state index is 12.8. The van der Waals surface area contributed by atoms with Gasteiger partial charge in [0.15, 0.2) is 0 Å². The Morgan fingerprint density at radius 3 is 2.50 bits per heavy atom. The van der Waals surface area contributed by atoms with Crippen molar-refractivity contribution >= 4 is 11.9 Å². The molecule has 0 spiro atoms. The fraction of sp³-hybridized carbons (Fsp3) is 0.467. The lowest BCUT2D eigenvalue weighted by Crippen LogP contribution is -2.30. The predicted molar refractivity (Wildman–Crippen MR) is 71.9 cm³/mol. The molecule has 120 valence electrons. The molecule has 0 aromatic heterocycles. The molecular weight excluding hydrogens is 299 g/mol. The van der Waals surface area contributed by atoms with Crippen LogP contribution in [0.4, 0.5) is 13.2 Å². The Labute approximate surface area is 125 Å². The average molecular weight is 315 g/mol. The molecule has 1 aliphatic carbocycles. The van der Waals surface area contributed by atoms with Gasteiger partial charge in [-0.05, 0) is 36.5 Å². The standard InChI is InChI=1S/C15H16F3NO3/c16-15(17,18)11-3-1-2-10(8-11)14(9-4-5-9)19-12(20)6-7-13(21)22/h1-3,8-9,14H,4-7H2,(H,19,20)(H,21,22). The van der Waals surface area contributed by atoms with Gasteiger partial charge in [0.1, 0.15) is 0 Å². The van der Waals surface area contributed by atoms with Crippen molar-refractivity contribution in [3.05, 3.63) is 35.4 Å². The Morgan fingerprint density at radius 1 is 1.27 bits per heavy atom. The van der Waals surface area contributed by atoms with Gasteiger partial charge in [0.2, 0.25) is 5.91 Å². The van der Waals surface area contributed by atoms with Gasteiger partial charge in [-0.25, -0.2) is 0 Å². The third-order valence-electron chi connectivity index (χ3n) is 3.55. The van der Waals surface area contributed by atoms with Crippen molar-refractivity contribution in [2.75, 3.05) is 0 Å². The van der Waals surface area contributed by atoms with Gasteiger partial charge in [0, 0.05) is 6.42 Å². The largest absolute Gasteiger partial charge is 0.481 e. The summed E-state index contributed by atoms with van der Waals surface area (Å²) in [6.45, 7) is 0. The quantitative estimate of drug-likeness (QED) is 0.847. The first-order valence-corrected chi connectivity index (χ1v) is 6.95. The van der Waals surface area contributed by atoms with Crippen molar-refractivity contribution in [3.63, 3.8) is 0 Å². The number of rotatable bonds is 6. The maximum absolute atomic E-state index is 12.8. The van der Waals surface area contributed by atoms with E-state index in [-0.39, 0.29) is 18.8 Å². The van der Waals surface area contributed by atoms with Gasteiger partial charge in [0.25, 0.3) is 0 Å². The highest BCUT2D eigenvalue weighted by Crippen LogP contribution is 2.42. The zero-order chi connectivity index (χ0) is 16.3. The average Bonchev–Trinajstić information content (AvgIpc) is 3.26. The van der Waals surface area contributed by atoms with Crippen LogP contribution >= 0.6 is 0 Å². The summed E-state index contributed by atoms with van der Waals surface area (Å²) >= 11 is 0. The number of amides is 1. The van der Waals surface area contributed by atoms with Crippen LogP contribution in [0.25, 0.3) is 0 Å². The van der Waals surface area contributed by atoms with Crippen LogP contribution in [0.15, 0.2) is 24.3 Å². The van der Waals surface area contributed by atoms with Gasteiger partial charge in [-0.15, -0.1) is 0 Å². The van der Waals surface area contributed by atoms with E-state index < -0.39 is 29.7 Å². The van der Waals surface area contributed by atoms with Crippen molar-refractivity contribution in [2.24, 2.45) is 5.92 Å². The van der Waals surface area contributed by atoms with Crippen molar-refractivity contribution in [1.29, 1.82) is 0 Å². The number of carboxylic acids is 1. The van der Waals surface area contributed by atoms with E-state index >= 15 is 0 Å². The second kappa shape index (κ2) is 6.37. The smallest absolute Gasteiger partial charge is 0.416 e. The number of carbonyl (C=O) groups excluding carboxylic acids is 1. The van der Waals surface area contributed by atoms with Crippen molar-refractivity contribution in [1.82, 2.24) is 5.32 Å². The van der Waals surface area contributed by atoms with E-state index in [9.17, 15) is 22.8 Å². The molecule has 0 bridgehead atoms. The zero-order valence-corrected chi connectivity index (χ0v) is 11.7. The first-order valence-electron chi connectivity index (χ1n) is 6.95. The summed E-state index contributed by atoms with van der Waals surface area (Å²) in [6.07, 6.45) is -3.25. The predicted octanol–water partition coefficient (Wildman–Crippen LogP) is 3.14. The molecule has 1 amide bonds. The minimum Gasteiger partial charge on any atom is -0.481 e. The highest BCUT2D eigenvalue weighted by Gasteiger charge is 2.36. The molecule has 1 atom stereocenters. The molecule has 2 rings (SSSR count). The molecule has 1 aromatic rings. The number of halogens is 3. The first-order chi connectivity index (χ1) is 10.3. The van der Waals surface area contributed by atoms with Crippen LogP contribution in [0.5, 0.6) is 0 Å². The van der Waals surface area contributed by atoms with E-state index in [1.165, 1.54) is 6.07 Å². The molecule has 1 fully saturated rings. The Bertz CT molecular complexity index is 567. The topological polar surface area (TPSA) is 66.4 Å². The summed E-state index contributed by atoms with van der Waals surface area (Å²) in [6, 6.07) is 4.40. The van der Waals surface area contributed by atoms with Gasteiger partial charge >= 0.3 is 12.1 Å². The number of aliphatic carboxylic acids is 1. The van der Waals surface area contributed by atoms with Gasteiger partial charge in [-0.2, -0.15) is 13.2 Å². The van der Waals surface area contributed by atoms with E-state index in [0.29, 0.717) is 5.56 Å². The fourth-order valence-electron chi connectivity index (χ4n) is 2.28. The Hall–Kier alpha value is -2.05. The summed E-state index contributed by atoms with van der Waals surface area (Å²) in [5, 5.41) is 11.2. The van der Waals surface area contributed by atoms with E-state index in [2.05, 4.69) is 5.32 Å². The maximum Gasteiger partial charge on any atom is 0.416 e. The summed E-state index contributed by atoms with van der Waals surface area (Å²) in [7, 11) is 0. The minimum atomic E-state index is -4.43. The van der Waals surface area contributed by atoms with Crippen LogP contribution < -0.4 is 5.32 Å². The van der Waals surface area contributed by atoms with Crippen LogP contribution in [0.2, 0.25) is 0 Å². The van der Waals surface area contributed by atoms with Gasteiger partial charge in [-0.3, -0.25) is 9.59 Å².